The Morgan fingerprint density at radius 2 is 1.92 bits per heavy atom. The summed E-state index contributed by atoms with van der Waals surface area (Å²) in [5, 5.41) is 13.9. The minimum atomic E-state index is -0.205. The Morgan fingerprint density at radius 1 is 1.15 bits per heavy atom. The maximum Gasteiger partial charge on any atom is 0.195 e. The number of hydrogen-bond donors (Lipinski definition) is 3. The van der Waals surface area contributed by atoms with E-state index in [0.717, 1.165) is 36.6 Å². The minimum absolute atomic E-state index is 0.0359. The van der Waals surface area contributed by atoms with Gasteiger partial charge in [0.25, 0.3) is 0 Å². The highest BCUT2D eigenvalue weighted by Crippen LogP contribution is 2.29. The van der Waals surface area contributed by atoms with Gasteiger partial charge in [0.05, 0.1) is 17.1 Å². The highest BCUT2D eigenvalue weighted by molar-refractivity contribution is 6.18. The summed E-state index contributed by atoms with van der Waals surface area (Å²) in [6.07, 6.45) is 6.35. The first-order chi connectivity index (χ1) is 12.6. The van der Waals surface area contributed by atoms with Gasteiger partial charge >= 0.3 is 0 Å². The second-order valence-electron chi connectivity index (χ2n) is 6.94. The number of rotatable bonds is 4. The predicted molar refractivity (Wildman–Crippen MR) is 100 cm³/mol. The van der Waals surface area contributed by atoms with E-state index in [1.165, 1.54) is 6.33 Å². The number of aryl methyl sites for hydroxylation is 1. The number of H-pyrrole nitrogens is 1. The van der Waals surface area contributed by atoms with Crippen LogP contribution in [0.4, 0.5) is 5.82 Å². The molecule has 0 saturated heterocycles. The molecule has 4 rings (SSSR count). The Morgan fingerprint density at radius 3 is 2.69 bits per heavy atom. The molecule has 1 saturated carbocycles. The molecule has 6 heteroatoms. The van der Waals surface area contributed by atoms with Crippen molar-refractivity contribution in [3.8, 4) is 0 Å². The smallest absolute Gasteiger partial charge is 0.195 e. The van der Waals surface area contributed by atoms with Crippen LogP contribution in [0.25, 0.3) is 11.0 Å². The molecule has 1 aromatic carbocycles. The van der Waals surface area contributed by atoms with E-state index >= 15 is 0 Å². The molecular weight excluding hydrogens is 328 g/mol. The van der Waals surface area contributed by atoms with E-state index in [1.807, 2.05) is 31.2 Å². The molecule has 6 nitrogen and oxygen atoms in total. The number of aliphatic hydroxyl groups excluding tert-OH is 1. The molecule has 3 N–H and O–H groups in total. The Bertz CT molecular complexity index is 942. The van der Waals surface area contributed by atoms with Crippen LogP contribution >= 0.6 is 0 Å². The van der Waals surface area contributed by atoms with Crippen molar-refractivity contribution in [1.29, 1.82) is 0 Å². The van der Waals surface area contributed by atoms with E-state index in [2.05, 4.69) is 20.3 Å². The van der Waals surface area contributed by atoms with Crippen molar-refractivity contribution in [2.45, 2.75) is 44.8 Å². The fourth-order valence-corrected chi connectivity index (χ4v) is 3.64. The molecule has 1 aliphatic rings. The van der Waals surface area contributed by atoms with Gasteiger partial charge in [-0.05, 0) is 38.2 Å². The van der Waals surface area contributed by atoms with Crippen LogP contribution < -0.4 is 5.32 Å². The van der Waals surface area contributed by atoms with Crippen molar-refractivity contribution in [3.63, 3.8) is 0 Å². The molecule has 134 valence electrons. The number of nitrogens with zero attached hydrogens (tertiary/aromatic N) is 2. The molecule has 2 heterocycles. The van der Waals surface area contributed by atoms with Crippen LogP contribution in [-0.2, 0) is 0 Å². The molecule has 0 unspecified atom stereocenters. The molecule has 0 radical (unpaired) electrons. The first-order valence-corrected chi connectivity index (χ1v) is 9.00. The Kier molecular flexibility index (Phi) is 4.42. The number of fused-ring (bicyclic) bond motifs is 1. The third kappa shape index (κ3) is 3.08. The number of carbonyl (C=O) groups excluding carboxylic acids is 1. The number of aromatic nitrogens is 3. The monoisotopic (exact) mass is 350 g/mol. The quantitative estimate of drug-likeness (QED) is 0.629. The van der Waals surface area contributed by atoms with Crippen LogP contribution in [-0.4, -0.2) is 38.0 Å². The van der Waals surface area contributed by atoms with E-state index in [-0.39, 0.29) is 17.9 Å². The van der Waals surface area contributed by atoms with Crippen LogP contribution in [0.5, 0.6) is 0 Å². The van der Waals surface area contributed by atoms with Crippen molar-refractivity contribution in [3.05, 3.63) is 53.5 Å². The first kappa shape index (κ1) is 16.7. The number of carbonyl (C=O) groups is 1. The molecule has 26 heavy (non-hydrogen) atoms. The van der Waals surface area contributed by atoms with Gasteiger partial charge in [-0.1, -0.05) is 24.3 Å². The molecule has 2 aromatic heterocycles. The highest BCUT2D eigenvalue weighted by atomic mass is 16.3. The normalized spacial score (nSPS) is 20.2. The summed E-state index contributed by atoms with van der Waals surface area (Å²) in [6, 6.07) is 7.82. The number of ketones is 1. The van der Waals surface area contributed by atoms with Gasteiger partial charge in [0.15, 0.2) is 5.78 Å². The summed E-state index contributed by atoms with van der Waals surface area (Å²) in [4.78, 5) is 24.8. The van der Waals surface area contributed by atoms with Crippen LogP contribution in [0.1, 0.15) is 47.2 Å². The maximum atomic E-state index is 13.1. The third-order valence-electron chi connectivity index (χ3n) is 5.14. The summed E-state index contributed by atoms with van der Waals surface area (Å²) >= 11 is 0. The average Bonchev–Trinajstić information content (AvgIpc) is 3.09. The number of anilines is 1. The van der Waals surface area contributed by atoms with Gasteiger partial charge in [0, 0.05) is 17.8 Å². The Balaban J connectivity index is 1.71. The Labute approximate surface area is 151 Å². The van der Waals surface area contributed by atoms with Crippen molar-refractivity contribution in [2.75, 3.05) is 5.32 Å². The van der Waals surface area contributed by atoms with Gasteiger partial charge in [-0.2, -0.15) is 0 Å². The van der Waals surface area contributed by atoms with Crippen LogP contribution in [0, 0.1) is 6.92 Å². The predicted octanol–water partition coefficient (Wildman–Crippen LogP) is 3.21. The third-order valence-corrected chi connectivity index (χ3v) is 5.14. The van der Waals surface area contributed by atoms with Gasteiger partial charge in [-0.25, -0.2) is 9.97 Å². The lowest BCUT2D eigenvalue weighted by Crippen LogP contribution is -2.28. The van der Waals surface area contributed by atoms with Crippen molar-refractivity contribution >= 4 is 22.6 Å². The van der Waals surface area contributed by atoms with E-state index in [4.69, 9.17) is 0 Å². The zero-order valence-corrected chi connectivity index (χ0v) is 14.7. The fourth-order valence-electron chi connectivity index (χ4n) is 3.64. The summed E-state index contributed by atoms with van der Waals surface area (Å²) < 4.78 is 0. The molecule has 0 aliphatic heterocycles. The van der Waals surface area contributed by atoms with Crippen molar-refractivity contribution in [1.82, 2.24) is 15.0 Å². The molecule has 3 aromatic rings. The summed E-state index contributed by atoms with van der Waals surface area (Å²) in [5.41, 5.74) is 2.85. The van der Waals surface area contributed by atoms with E-state index < -0.39 is 0 Å². The molecule has 1 aliphatic carbocycles. The van der Waals surface area contributed by atoms with Gasteiger partial charge in [-0.15, -0.1) is 0 Å². The fraction of sp³-hybridized carbons (Fsp3) is 0.350. The lowest BCUT2D eigenvalue weighted by atomic mass is 9.93. The van der Waals surface area contributed by atoms with E-state index in [1.54, 1.807) is 6.20 Å². The molecule has 1 fully saturated rings. The largest absolute Gasteiger partial charge is 0.393 e. The number of hydrogen-bond acceptors (Lipinski definition) is 5. The highest BCUT2D eigenvalue weighted by Gasteiger charge is 2.23. The number of benzene rings is 1. The van der Waals surface area contributed by atoms with Gasteiger partial charge in [-0.3, -0.25) is 4.79 Å². The van der Waals surface area contributed by atoms with Gasteiger partial charge < -0.3 is 15.4 Å². The standard InChI is InChI=1S/C20H22N4O2/c1-12-4-2-3-5-15(12)18(26)16-10-21-19-17(16)20(23-11-22-19)24-13-6-8-14(25)9-7-13/h2-5,10-11,13-14,25H,6-9H2,1H3,(H2,21,22,23,24). The second kappa shape index (κ2) is 6.88. The Hall–Kier alpha value is -2.73. The molecule has 0 bridgehead atoms. The van der Waals surface area contributed by atoms with Crippen molar-refractivity contribution < 1.29 is 9.90 Å². The molecule has 0 amide bonds. The topological polar surface area (TPSA) is 90.9 Å². The molecular formula is C20H22N4O2. The van der Waals surface area contributed by atoms with Crippen LogP contribution in [0.3, 0.4) is 0 Å². The van der Waals surface area contributed by atoms with E-state index in [0.29, 0.717) is 22.6 Å². The lowest BCUT2D eigenvalue weighted by Gasteiger charge is -2.26. The zero-order chi connectivity index (χ0) is 18.1. The minimum Gasteiger partial charge on any atom is -0.393 e. The van der Waals surface area contributed by atoms with Crippen molar-refractivity contribution in [2.24, 2.45) is 0 Å². The molecule has 0 atom stereocenters. The van der Waals surface area contributed by atoms with E-state index in [9.17, 15) is 9.90 Å². The summed E-state index contributed by atoms with van der Waals surface area (Å²) in [7, 11) is 0. The second-order valence-corrected chi connectivity index (χ2v) is 6.94. The maximum absolute atomic E-state index is 13.1. The van der Waals surface area contributed by atoms with Gasteiger partial charge in [0.2, 0.25) is 0 Å². The average molecular weight is 350 g/mol. The zero-order valence-electron chi connectivity index (χ0n) is 14.7. The number of aromatic amines is 1. The SMILES string of the molecule is Cc1ccccc1C(=O)c1c[nH]c2ncnc(NC3CCC(O)CC3)c12. The van der Waals surface area contributed by atoms with Crippen LogP contribution in [0.15, 0.2) is 36.8 Å². The number of aliphatic hydroxyl groups is 1. The lowest BCUT2D eigenvalue weighted by molar-refractivity contribution is 0.103. The molecule has 0 spiro atoms. The summed E-state index contributed by atoms with van der Waals surface area (Å²) in [6.45, 7) is 1.94. The summed E-state index contributed by atoms with van der Waals surface area (Å²) in [5.74, 6) is 0.640. The number of nitrogens with one attached hydrogen (secondary N) is 2. The first-order valence-electron chi connectivity index (χ1n) is 9.00. The van der Waals surface area contributed by atoms with Crippen LogP contribution in [0.2, 0.25) is 0 Å². The van der Waals surface area contributed by atoms with Gasteiger partial charge in [0.1, 0.15) is 17.8 Å².